The molecule has 108 valence electrons. The quantitative estimate of drug-likeness (QED) is 0.848. The number of benzene rings is 2. The first-order valence-corrected chi connectivity index (χ1v) is 6.76. The smallest absolute Gasteiger partial charge is 0.335 e. The first-order valence-electron chi connectivity index (χ1n) is 6.33. The molecule has 2 aromatic rings. The summed E-state index contributed by atoms with van der Waals surface area (Å²) >= 11 is 6.13. The van der Waals surface area contributed by atoms with Gasteiger partial charge in [-0.05, 0) is 36.2 Å². The summed E-state index contributed by atoms with van der Waals surface area (Å²) in [6.45, 7) is 1.73. The Balaban J connectivity index is 2.15. The van der Waals surface area contributed by atoms with Gasteiger partial charge >= 0.3 is 5.97 Å². The number of hydrogen-bond donors (Lipinski definition) is 2. The molecule has 0 radical (unpaired) electrons. The standard InChI is InChI=1S/C16H14ClNO3/c1-10-9-12(16(20)21)7-8-13(10)18-15(19)14(17)11-5-3-2-4-6-11/h2-9,14H,1H3,(H,18,19)(H,20,21). The molecule has 2 aromatic carbocycles. The van der Waals surface area contributed by atoms with Crippen molar-refractivity contribution in [3.63, 3.8) is 0 Å². The van der Waals surface area contributed by atoms with Crippen molar-refractivity contribution in [3.05, 3.63) is 65.2 Å². The Kier molecular flexibility index (Phi) is 4.60. The lowest BCUT2D eigenvalue weighted by atomic mass is 10.1. The molecule has 0 bridgehead atoms. The van der Waals surface area contributed by atoms with E-state index in [1.54, 1.807) is 25.1 Å². The number of alkyl halides is 1. The summed E-state index contributed by atoms with van der Waals surface area (Å²) in [6, 6.07) is 13.5. The van der Waals surface area contributed by atoms with Crippen LogP contribution in [-0.2, 0) is 4.79 Å². The third kappa shape index (κ3) is 3.61. The van der Waals surface area contributed by atoms with Gasteiger partial charge in [-0.3, -0.25) is 4.79 Å². The van der Waals surface area contributed by atoms with E-state index < -0.39 is 11.3 Å². The van der Waals surface area contributed by atoms with E-state index >= 15 is 0 Å². The molecule has 1 amide bonds. The van der Waals surface area contributed by atoms with Crippen molar-refractivity contribution in [1.29, 1.82) is 0 Å². The number of carbonyl (C=O) groups is 2. The Bertz CT molecular complexity index is 670. The van der Waals surface area contributed by atoms with Gasteiger partial charge in [0.15, 0.2) is 0 Å². The van der Waals surface area contributed by atoms with Crippen molar-refractivity contribution >= 4 is 29.2 Å². The fraction of sp³-hybridized carbons (Fsp3) is 0.125. The highest BCUT2D eigenvalue weighted by Crippen LogP contribution is 2.24. The summed E-state index contributed by atoms with van der Waals surface area (Å²) < 4.78 is 0. The van der Waals surface area contributed by atoms with Crippen LogP contribution in [0.4, 0.5) is 5.69 Å². The number of nitrogens with one attached hydrogen (secondary N) is 1. The van der Waals surface area contributed by atoms with Crippen LogP contribution in [0.15, 0.2) is 48.5 Å². The highest BCUT2D eigenvalue weighted by molar-refractivity contribution is 6.32. The lowest BCUT2D eigenvalue weighted by molar-refractivity contribution is -0.116. The van der Waals surface area contributed by atoms with Gasteiger partial charge in [-0.25, -0.2) is 4.79 Å². The number of anilines is 1. The van der Waals surface area contributed by atoms with Crippen molar-refractivity contribution in [1.82, 2.24) is 0 Å². The van der Waals surface area contributed by atoms with Gasteiger partial charge in [0.05, 0.1) is 5.56 Å². The van der Waals surface area contributed by atoms with Crippen LogP contribution >= 0.6 is 11.6 Å². The van der Waals surface area contributed by atoms with Gasteiger partial charge in [-0.2, -0.15) is 0 Å². The maximum Gasteiger partial charge on any atom is 0.335 e. The lowest BCUT2D eigenvalue weighted by Gasteiger charge is -2.13. The van der Waals surface area contributed by atoms with Gasteiger partial charge in [-0.15, -0.1) is 11.6 Å². The summed E-state index contributed by atoms with van der Waals surface area (Å²) in [4.78, 5) is 23.0. The fourth-order valence-electron chi connectivity index (χ4n) is 1.91. The minimum atomic E-state index is -1.00. The summed E-state index contributed by atoms with van der Waals surface area (Å²) in [5, 5.41) is 10.8. The minimum absolute atomic E-state index is 0.177. The van der Waals surface area contributed by atoms with Gasteiger partial charge in [0.1, 0.15) is 5.38 Å². The summed E-state index contributed by atoms with van der Waals surface area (Å²) in [7, 11) is 0. The number of carboxylic acids is 1. The second-order valence-electron chi connectivity index (χ2n) is 4.60. The molecule has 21 heavy (non-hydrogen) atoms. The third-order valence-electron chi connectivity index (χ3n) is 3.05. The molecule has 0 fully saturated rings. The zero-order valence-electron chi connectivity index (χ0n) is 11.3. The molecule has 5 heteroatoms. The zero-order chi connectivity index (χ0) is 15.4. The Morgan fingerprint density at radius 3 is 2.38 bits per heavy atom. The monoisotopic (exact) mass is 303 g/mol. The lowest BCUT2D eigenvalue weighted by Crippen LogP contribution is -2.18. The average molecular weight is 304 g/mol. The first kappa shape index (κ1) is 15.1. The Morgan fingerprint density at radius 1 is 1.14 bits per heavy atom. The van der Waals surface area contributed by atoms with Gasteiger partial charge in [-0.1, -0.05) is 30.3 Å². The van der Waals surface area contributed by atoms with Crippen LogP contribution < -0.4 is 5.32 Å². The van der Waals surface area contributed by atoms with Crippen molar-refractivity contribution in [2.45, 2.75) is 12.3 Å². The van der Waals surface area contributed by atoms with Crippen LogP contribution in [0.25, 0.3) is 0 Å². The predicted molar refractivity (Wildman–Crippen MR) is 81.8 cm³/mol. The number of halogens is 1. The highest BCUT2D eigenvalue weighted by Gasteiger charge is 2.18. The Morgan fingerprint density at radius 2 is 1.81 bits per heavy atom. The SMILES string of the molecule is Cc1cc(C(=O)O)ccc1NC(=O)C(Cl)c1ccccc1. The van der Waals surface area contributed by atoms with Gasteiger partial charge in [0.25, 0.3) is 0 Å². The predicted octanol–water partition coefficient (Wildman–Crippen LogP) is 3.61. The molecule has 0 spiro atoms. The van der Waals surface area contributed by atoms with Crippen LogP contribution in [0.5, 0.6) is 0 Å². The normalized spacial score (nSPS) is 11.7. The second kappa shape index (κ2) is 6.41. The van der Waals surface area contributed by atoms with Crippen LogP contribution in [0, 0.1) is 6.92 Å². The summed E-state index contributed by atoms with van der Waals surface area (Å²) in [5.74, 6) is -1.36. The van der Waals surface area contributed by atoms with Crippen LogP contribution in [-0.4, -0.2) is 17.0 Å². The van der Waals surface area contributed by atoms with Crippen LogP contribution in [0.3, 0.4) is 0 Å². The van der Waals surface area contributed by atoms with E-state index in [1.807, 2.05) is 18.2 Å². The topological polar surface area (TPSA) is 66.4 Å². The highest BCUT2D eigenvalue weighted by atomic mass is 35.5. The molecular formula is C16H14ClNO3. The molecule has 2 N–H and O–H groups in total. The van der Waals surface area contributed by atoms with Crippen LogP contribution in [0.2, 0.25) is 0 Å². The van der Waals surface area contributed by atoms with Gasteiger partial charge < -0.3 is 10.4 Å². The maximum absolute atomic E-state index is 12.1. The molecule has 1 unspecified atom stereocenters. The molecule has 0 aromatic heterocycles. The van der Waals surface area contributed by atoms with E-state index in [4.69, 9.17) is 16.7 Å². The molecule has 0 saturated carbocycles. The van der Waals surface area contributed by atoms with E-state index in [2.05, 4.69) is 5.32 Å². The molecule has 1 atom stereocenters. The molecule has 0 aliphatic rings. The van der Waals surface area contributed by atoms with E-state index in [-0.39, 0.29) is 11.5 Å². The van der Waals surface area contributed by atoms with Crippen molar-refractivity contribution in [3.8, 4) is 0 Å². The van der Waals surface area contributed by atoms with Crippen molar-refractivity contribution in [2.24, 2.45) is 0 Å². The molecule has 0 aliphatic heterocycles. The Labute approximate surface area is 127 Å². The number of hydrogen-bond acceptors (Lipinski definition) is 2. The average Bonchev–Trinajstić information content (AvgIpc) is 2.49. The molecule has 2 rings (SSSR count). The van der Waals surface area contributed by atoms with E-state index in [0.717, 1.165) is 0 Å². The third-order valence-corrected chi connectivity index (χ3v) is 3.50. The van der Waals surface area contributed by atoms with E-state index in [0.29, 0.717) is 16.8 Å². The summed E-state index contributed by atoms with van der Waals surface area (Å²) in [5.41, 5.74) is 2.10. The molecule has 0 saturated heterocycles. The first-order chi connectivity index (χ1) is 9.99. The number of aryl methyl sites for hydroxylation is 1. The molecular weight excluding hydrogens is 290 g/mol. The number of amides is 1. The Hall–Kier alpha value is -2.33. The number of aromatic carboxylic acids is 1. The number of rotatable bonds is 4. The molecule has 0 aliphatic carbocycles. The fourth-order valence-corrected chi connectivity index (χ4v) is 2.11. The largest absolute Gasteiger partial charge is 0.478 e. The number of carboxylic acid groups (broad SMARTS) is 1. The van der Waals surface area contributed by atoms with Crippen molar-refractivity contribution < 1.29 is 14.7 Å². The summed E-state index contributed by atoms with van der Waals surface area (Å²) in [6.07, 6.45) is 0. The number of carbonyl (C=O) groups excluding carboxylic acids is 1. The minimum Gasteiger partial charge on any atom is -0.478 e. The van der Waals surface area contributed by atoms with E-state index in [9.17, 15) is 9.59 Å². The van der Waals surface area contributed by atoms with E-state index in [1.165, 1.54) is 12.1 Å². The second-order valence-corrected chi connectivity index (χ2v) is 5.03. The van der Waals surface area contributed by atoms with Gasteiger partial charge in [0.2, 0.25) is 5.91 Å². The molecule has 4 nitrogen and oxygen atoms in total. The van der Waals surface area contributed by atoms with Crippen LogP contribution in [0.1, 0.15) is 26.9 Å². The maximum atomic E-state index is 12.1. The molecule has 0 heterocycles. The van der Waals surface area contributed by atoms with Gasteiger partial charge in [0, 0.05) is 5.69 Å². The van der Waals surface area contributed by atoms with Crippen molar-refractivity contribution in [2.75, 3.05) is 5.32 Å². The zero-order valence-corrected chi connectivity index (χ0v) is 12.1.